The molecule has 0 fully saturated rings. The van der Waals surface area contributed by atoms with E-state index in [1.54, 1.807) is 42.5 Å². The van der Waals surface area contributed by atoms with E-state index in [0.717, 1.165) is 5.56 Å². The number of carbonyl (C=O) groups excluding carboxylic acids is 1. The summed E-state index contributed by atoms with van der Waals surface area (Å²) in [6, 6.07) is 17.6. The van der Waals surface area contributed by atoms with E-state index in [-0.39, 0.29) is 5.91 Å². The van der Waals surface area contributed by atoms with Crippen LogP contribution >= 0.6 is 23.2 Å². The van der Waals surface area contributed by atoms with E-state index in [9.17, 15) is 4.79 Å². The van der Waals surface area contributed by atoms with Crippen LogP contribution in [0, 0.1) is 0 Å². The zero-order valence-electron chi connectivity index (χ0n) is 18.3. The van der Waals surface area contributed by atoms with Crippen molar-refractivity contribution in [2.45, 2.75) is 20.5 Å². The third-order valence-electron chi connectivity index (χ3n) is 4.42. The van der Waals surface area contributed by atoms with Gasteiger partial charge in [-0.3, -0.25) is 4.79 Å². The van der Waals surface area contributed by atoms with Gasteiger partial charge in [-0.25, -0.2) is 5.43 Å². The van der Waals surface area contributed by atoms with Gasteiger partial charge in [0.25, 0.3) is 5.91 Å². The number of hydrazone groups is 1. The predicted octanol–water partition coefficient (Wildman–Crippen LogP) is 6.13. The fourth-order valence-corrected chi connectivity index (χ4v) is 3.38. The topological polar surface area (TPSA) is 69.2 Å². The lowest BCUT2D eigenvalue weighted by atomic mass is 10.2. The minimum absolute atomic E-state index is 0.343. The van der Waals surface area contributed by atoms with Crippen molar-refractivity contribution in [3.63, 3.8) is 0 Å². The van der Waals surface area contributed by atoms with Crippen LogP contribution in [0.2, 0.25) is 10.0 Å². The molecule has 3 aromatic rings. The molecule has 33 heavy (non-hydrogen) atoms. The van der Waals surface area contributed by atoms with Gasteiger partial charge >= 0.3 is 0 Å². The molecule has 0 aromatic heterocycles. The van der Waals surface area contributed by atoms with Crippen LogP contribution in [0.4, 0.5) is 0 Å². The third kappa shape index (κ3) is 7.14. The molecule has 0 radical (unpaired) electrons. The van der Waals surface area contributed by atoms with Gasteiger partial charge in [0.1, 0.15) is 12.4 Å². The number of benzene rings is 3. The number of ether oxygens (including phenoxy) is 3. The second-order valence-corrected chi connectivity index (χ2v) is 7.68. The van der Waals surface area contributed by atoms with Crippen molar-refractivity contribution < 1.29 is 19.0 Å². The molecule has 8 heteroatoms. The summed E-state index contributed by atoms with van der Waals surface area (Å²) in [5.41, 5.74) is 4.55. The van der Waals surface area contributed by atoms with Gasteiger partial charge in [-0.2, -0.15) is 5.10 Å². The molecule has 6 nitrogen and oxygen atoms in total. The van der Waals surface area contributed by atoms with Gasteiger partial charge in [-0.15, -0.1) is 0 Å². The van der Waals surface area contributed by atoms with E-state index in [1.807, 2.05) is 32.0 Å². The molecule has 0 heterocycles. The van der Waals surface area contributed by atoms with Crippen molar-refractivity contribution in [3.05, 3.63) is 87.4 Å². The number of hydrogen-bond acceptors (Lipinski definition) is 5. The van der Waals surface area contributed by atoms with E-state index in [2.05, 4.69) is 10.5 Å². The Morgan fingerprint density at radius 3 is 2.39 bits per heavy atom. The zero-order valence-corrected chi connectivity index (χ0v) is 19.8. The standard InChI is InChI=1S/C25H24Cl2N2O4/c1-3-31-23-11-9-19(14-24(23)32-4-2)25(30)29-28-15-17-8-10-22(21(27)13-17)33-16-18-6-5-7-20(26)12-18/h5-15H,3-4,16H2,1-2H3,(H,29,30)/b28-15+. The molecule has 0 atom stereocenters. The maximum atomic E-state index is 12.4. The predicted molar refractivity (Wildman–Crippen MR) is 131 cm³/mol. The van der Waals surface area contributed by atoms with Gasteiger partial charge in [-0.1, -0.05) is 35.3 Å². The molecule has 0 bridgehead atoms. The number of amides is 1. The van der Waals surface area contributed by atoms with Crippen LogP contribution in [-0.4, -0.2) is 25.3 Å². The summed E-state index contributed by atoms with van der Waals surface area (Å²) >= 11 is 12.3. The minimum Gasteiger partial charge on any atom is -0.490 e. The molecular formula is C25H24Cl2N2O4. The molecule has 0 spiro atoms. The number of halogens is 2. The van der Waals surface area contributed by atoms with Gasteiger partial charge in [0.2, 0.25) is 0 Å². The van der Waals surface area contributed by atoms with E-state index in [1.165, 1.54) is 6.21 Å². The SMILES string of the molecule is CCOc1ccc(C(=O)N/N=C/c2ccc(OCc3cccc(Cl)c3)c(Cl)c2)cc1OCC. The highest BCUT2D eigenvalue weighted by atomic mass is 35.5. The zero-order chi connectivity index (χ0) is 23.6. The van der Waals surface area contributed by atoms with Gasteiger partial charge in [0, 0.05) is 10.6 Å². The number of hydrogen-bond donors (Lipinski definition) is 1. The van der Waals surface area contributed by atoms with Crippen LogP contribution in [0.15, 0.2) is 65.8 Å². The van der Waals surface area contributed by atoms with E-state index < -0.39 is 0 Å². The minimum atomic E-state index is -0.372. The van der Waals surface area contributed by atoms with Crippen LogP contribution in [-0.2, 0) is 6.61 Å². The molecular weight excluding hydrogens is 463 g/mol. The summed E-state index contributed by atoms with van der Waals surface area (Å²) in [5, 5.41) is 5.09. The summed E-state index contributed by atoms with van der Waals surface area (Å²) in [6.07, 6.45) is 1.50. The first-order valence-corrected chi connectivity index (χ1v) is 11.2. The van der Waals surface area contributed by atoms with Crippen molar-refractivity contribution in [2.75, 3.05) is 13.2 Å². The highest BCUT2D eigenvalue weighted by Crippen LogP contribution is 2.29. The van der Waals surface area contributed by atoms with Crippen molar-refractivity contribution in [1.82, 2.24) is 5.43 Å². The maximum absolute atomic E-state index is 12.4. The van der Waals surface area contributed by atoms with Gasteiger partial charge in [-0.05, 0) is 73.5 Å². The smallest absolute Gasteiger partial charge is 0.271 e. The second kappa shape index (κ2) is 12.1. The van der Waals surface area contributed by atoms with Crippen molar-refractivity contribution >= 4 is 35.3 Å². The van der Waals surface area contributed by atoms with Crippen LogP contribution in [0.1, 0.15) is 35.3 Å². The van der Waals surface area contributed by atoms with Crippen molar-refractivity contribution in [1.29, 1.82) is 0 Å². The fourth-order valence-electron chi connectivity index (χ4n) is 2.92. The number of nitrogens with zero attached hydrogens (tertiary/aromatic N) is 1. The average molecular weight is 487 g/mol. The second-order valence-electron chi connectivity index (χ2n) is 6.84. The third-order valence-corrected chi connectivity index (χ3v) is 4.96. The summed E-state index contributed by atoms with van der Waals surface area (Å²) in [4.78, 5) is 12.4. The van der Waals surface area contributed by atoms with Gasteiger partial charge in [0.05, 0.1) is 24.5 Å². The first-order valence-electron chi connectivity index (χ1n) is 10.4. The maximum Gasteiger partial charge on any atom is 0.271 e. The Balaban J connectivity index is 1.60. The highest BCUT2D eigenvalue weighted by molar-refractivity contribution is 6.32. The van der Waals surface area contributed by atoms with E-state index in [4.69, 9.17) is 37.4 Å². The molecule has 172 valence electrons. The van der Waals surface area contributed by atoms with Crippen molar-refractivity contribution in [2.24, 2.45) is 5.10 Å². The van der Waals surface area contributed by atoms with E-state index in [0.29, 0.717) is 58.2 Å². The Hall–Kier alpha value is -3.22. The van der Waals surface area contributed by atoms with Crippen molar-refractivity contribution in [3.8, 4) is 17.2 Å². The molecule has 1 N–H and O–H groups in total. The summed E-state index contributed by atoms with van der Waals surface area (Å²) in [7, 11) is 0. The fraction of sp³-hybridized carbons (Fsp3) is 0.200. The quantitative estimate of drug-likeness (QED) is 0.276. The molecule has 3 aromatic carbocycles. The molecule has 0 aliphatic heterocycles. The highest BCUT2D eigenvalue weighted by Gasteiger charge is 2.11. The normalized spacial score (nSPS) is 10.8. The molecule has 3 rings (SSSR count). The Kier molecular flexibility index (Phi) is 8.98. The average Bonchev–Trinajstić information content (AvgIpc) is 2.80. The first-order chi connectivity index (χ1) is 16.0. The molecule has 0 unspecified atom stereocenters. The first kappa shape index (κ1) is 24.4. The number of rotatable bonds is 10. The number of nitrogens with one attached hydrogen (secondary N) is 1. The largest absolute Gasteiger partial charge is 0.490 e. The molecule has 0 aliphatic carbocycles. The molecule has 0 saturated heterocycles. The monoisotopic (exact) mass is 486 g/mol. The Morgan fingerprint density at radius 2 is 1.67 bits per heavy atom. The van der Waals surface area contributed by atoms with E-state index >= 15 is 0 Å². The summed E-state index contributed by atoms with van der Waals surface area (Å²) in [6.45, 7) is 5.06. The summed E-state index contributed by atoms with van der Waals surface area (Å²) in [5.74, 6) is 1.27. The van der Waals surface area contributed by atoms with Crippen LogP contribution in [0.5, 0.6) is 17.2 Å². The molecule has 0 aliphatic rings. The lowest BCUT2D eigenvalue weighted by molar-refractivity contribution is 0.0954. The van der Waals surface area contributed by atoms with Gasteiger partial charge < -0.3 is 14.2 Å². The van der Waals surface area contributed by atoms with Crippen LogP contribution < -0.4 is 19.6 Å². The van der Waals surface area contributed by atoms with Crippen LogP contribution in [0.25, 0.3) is 0 Å². The summed E-state index contributed by atoms with van der Waals surface area (Å²) < 4.78 is 16.8. The van der Waals surface area contributed by atoms with Crippen LogP contribution in [0.3, 0.4) is 0 Å². The Morgan fingerprint density at radius 1 is 0.909 bits per heavy atom. The molecule has 1 amide bonds. The Bertz CT molecular complexity index is 1140. The number of carbonyl (C=O) groups is 1. The lowest BCUT2D eigenvalue weighted by Crippen LogP contribution is -2.17. The lowest BCUT2D eigenvalue weighted by Gasteiger charge is -2.11. The van der Waals surface area contributed by atoms with Gasteiger partial charge in [0.15, 0.2) is 11.5 Å². The molecule has 0 saturated carbocycles. The Labute approximate surface area is 203 Å².